The number of aryl methyl sites for hydroxylation is 2. The minimum atomic E-state index is -1.07. The zero-order valence-corrected chi connectivity index (χ0v) is 13.0. The standard InChI is InChI=1S/C15H14BrNO3/c1-8-4-5-9(2)13(10(8)3)20-14-12(15(18)19)6-11(16)7-17-14/h4-7H,1-3H3,(H,18,19). The number of pyridine rings is 1. The van der Waals surface area contributed by atoms with E-state index in [2.05, 4.69) is 20.9 Å². The van der Waals surface area contributed by atoms with E-state index in [1.807, 2.05) is 32.9 Å². The third kappa shape index (κ3) is 2.82. The molecule has 20 heavy (non-hydrogen) atoms. The summed E-state index contributed by atoms with van der Waals surface area (Å²) in [5.74, 6) is -0.323. The maximum atomic E-state index is 11.3. The Hall–Kier alpha value is -1.88. The molecule has 0 spiro atoms. The quantitative estimate of drug-likeness (QED) is 0.910. The van der Waals surface area contributed by atoms with E-state index in [-0.39, 0.29) is 11.4 Å². The molecule has 1 N–H and O–H groups in total. The van der Waals surface area contributed by atoms with Gasteiger partial charge in [0.05, 0.1) is 0 Å². The summed E-state index contributed by atoms with van der Waals surface area (Å²) in [6, 6.07) is 5.42. The van der Waals surface area contributed by atoms with Crippen LogP contribution in [-0.2, 0) is 0 Å². The fourth-order valence-corrected chi connectivity index (χ4v) is 2.17. The number of carboxylic acid groups (broad SMARTS) is 1. The van der Waals surface area contributed by atoms with Crippen LogP contribution in [0.25, 0.3) is 0 Å². The van der Waals surface area contributed by atoms with Gasteiger partial charge in [0.1, 0.15) is 11.3 Å². The van der Waals surface area contributed by atoms with Gasteiger partial charge in [-0.2, -0.15) is 0 Å². The molecule has 0 bridgehead atoms. The lowest BCUT2D eigenvalue weighted by atomic mass is 10.1. The lowest BCUT2D eigenvalue weighted by Gasteiger charge is -2.14. The second-order valence-corrected chi connectivity index (χ2v) is 5.48. The van der Waals surface area contributed by atoms with Crippen LogP contribution in [0.4, 0.5) is 0 Å². The molecule has 1 aromatic heterocycles. The van der Waals surface area contributed by atoms with Crippen molar-refractivity contribution in [3.63, 3.8) is 0 Å². The summed E-state index contributed by atoms with van der Waals surface area (Å²) in [5.41, 5.74) is 3.03. The van der Waals surface area contributed by atoms with E-state index >= 15 is 0 Å². The van der Waals surface area contributed by atoms with Crippen LogP contribution >= 0.6 is 15.9 Å². The van der Waals surface area contributed by atoms with Crippen LogP contribution in [0, 0.1) is 20.8 Å². The van der Waals surface area contributed by atoms with Crippen LogP contribution in [0.3, 0.4) is 0 Å². The Morgan fingerprint density at radius 2 is 1.90 bits per heavy atom. The van der Waals surface area contributed by atoms with Crippen molar-refractivity contribution in [2.75, 3.05) is 0 Å². The maximum Gasteiger partial charge on any atom is 0.341 e. The zero-order chi connectivity index (χ0) is 14.9. The van der Waals surface area contributed by atoms with Gasteiger partial charge in [-0.05, 0) is 59.5 Å². The van der Waals surface area contributed by atoms with Crippen molar-refractivity contribution in [1.82, 2.24) is 4.98 Å². The molecule has 0 saturated carbocycles. The SMILES string of the molecule is Cc1ccc(C)c(Oc2ncc(Br)cc2C(=O)O)c1C. The first-order chi connectivity index (χ1) is 9.40. The molecule has 0 aliphatic carbocycles. The largest absolute Gasteiger partial charge is 0.477 e. The van der Waals surface area contributed by atoms with Crippen molar-refractivity contribution in [3.05, 3.63) is 51.1 Å². The van der Waals surface area contributed by atoms with Crippen molar-refractivity contribution in [3.8, 4) is 11.6 Å². The molecular weight excluding hydrogens is 322 g/mol. The van der Waals surface area contributed by atoms with Crippen LogP contribution in [0.2, 0.25) is 0 Å². The van der Waals surface area contributed by atoms with Crippen LogP contribution in [0.15, 0.2) is 28.9 Å². The fourth-order valence-electron chi connectivity index (χ4n) is 1.84. The zero-order valence-electron chi connectivity index (χ0n) is 11.4. The summed E-state index contributed by atoms with van der Waals surface area (Å²) in [6.07, 6.45) is 1.52. The lowest BCUT2D eigenvalue weighted by Crippen LogP contribution is -2.03. The fraction of sp³-hybridized carbons (Fsp3) is 0.200. The van der Waals surface area contributed by atoms with Gasteiger partial charge in [0.25, 0.3) is 0 Å². The molecule has 0 radical (unpaired) electrons. The molecule has 5 heteroatoms. The highest BCUT2D eigenvalue weighted by atomic mass is 79.9. The molecule has 4 nitrogen and oxygen atoms in total. The Balaban J connectivity index is 2.51. The number of carbonyl (C=O) groups is 1. The highest BCUT2D eigenvalue weighted by molar-refractivity contribution is 9.10. The molecule has 0 aliphatic heterocycles. The summed E-state index contributed by atoms with van der Waals surface area (Å²) in [4.78, 5) is 15.3. The van der Waals surface area contributed by atoms with Gasteiger partial charge in [-0.1, -0.05) is 12.1 Å². The van der Waals surface area contributed by atoms with Crippen molar-refractivity contribution >= 4 is 21.9 Å². The number of carboxylic acids is 1. The average Bonchev–Trinajstić information content (AvgIpc) is 2.40. The van der Waals surface area contributed by atoms with E-state index in [4.69, 9.17) is 4.74 Å². The molecule has 0 saturated heterocycles. The third-order valence-electron chi connectivity index (χ3n) is 3.12. The first-order valence-corrected chi connectivity index (χ1v) is 6.83. The van der Waals surface area contributed by atoms with Crippen LogP contribution < -0.4 is 4.74 Å². The molecule has 0 atom stereocenters. The van der Waals surface area contributed by atoms with Gasteiger partial charge in [-0.3, -0.25) is 0 Å². The van der Waals surface area contributed by atoms with Gasteiger partial charge in [-0.25, -0.2) is 9.78 Å². The highest BCUT2D eigenvalue weighted by Gasteiger charge is 2.16. The Bertz CT molecular complexity index is 683. The smallest absolute Gasteiger partial charge is 0.341 e. The number of aromatic nitrogens is 1. The second kappa shape index (κ2) is 5.63. The van der Waals surface area contributed by atoms with Crippen molar-refractivity contribution in [2.24, 2.45) is 0 Å². The topological polar surface area (TPSA) is 59.4 Å². The molecule has 2 aromatic rings. The Morgan fingerprint density at radius 3 is 2.55 bits per heavy atom. The molecular formula is C15H14BrNO3. The van der Waals surface area contributed by atoms with E-state index in [1.165, 1.54) is 12.3 Å². The second-order valence-electron chi connectivity index (χ2n) is 4.57. The number of rotatable bonds is 3. The Kier molecular flexibility index (Phi) is 4.09. The molecule has 104 valence electrons. The van der Waals surface area contributed by atoms with Gasteiger partial charge in [0.15, 0.2) is 0 Å². The number of benzene rings is 1. The predicted molar refractivity (Wildman–Crippen MR) is 79.6 cm³/mol. The highest BCUT2D eigenvalue weighted by Crippen LogP contribution is 2.32. The normalized spacial score (nSPS) is 10.4. The monoisotopic (exact) mass is 335 g/mol. The number of hydrogen-bond acceptors (Lipinski definition) is 3. The molecule has 2 rings (SSSR count). The lowest BCUT2D eigenvalue weighted by molar-refractivity contribution is 0.0693. The maximum absolute atomic E-state index is 11.3. The first-order valence-electron chi connectivity index (χ1n) is 6.03. The number of nitrogens with zero attached hydrogens (tertiary/aromatic N) is 1. The summed E-state index contributed by atoms with van der Waals surface area (Å²) in [7, 11) is 0. The van der Waals surface area contributed by atoms with Crippen LogP contribution in [0.5, 0.6) is 11.6 Å². The van der Waals surface area contributed by atoms with Gasteiger partial charge >= 0.3 is 5.97 Å². The third-order valence-corrected chi connectivity index (χ3v) is 3.55. The molecule has 1 aromatic carbocycles. The van der Waals surface area contributed by atoms with Crippen molar-refractivity contribution in [1.29, 1.82) is 0 Å². The Morgan fingerprint density at radius 1 is 1.25 bits per heavy atom. The minimum absolute atomic E-state index is 0.0275. The van der Waals surface area contributed by atoms with Crippen molar-refractivity contribution in [2.45, 2.75) is 20.8 Å². The van der Waals surface area contributed by atoms with Gasteiger partial charge in [0.2, 0.25) is 5.88 Å². The van der Waals surface area contributed by atoms with E-state index in [9.17, 15) is 9.90 Å². The van der Waals surface area contributed by atoms with E-state index in [1.54, 1.807) is 0 Å². The number of ether oxygens (including phenoxy) is 1. The summed E-state index contributed by atoms with van der Waals surface area (Å²) in [6.45, 7) is 5.84. The molecule has 0 fully saturated rings. The Labute approximate surface area is 125 Å². The summed E-state index contributed by atoms with van der Waals surface area (Å²) >= 11 is 3.21. The number of aromatic carboxylic acids is 1. The number of halogens is 1. The van der Waals surface area contributed by atoms with E-state index in [0.717, 1.165) is 16.7 Å². The summed E-state index contributed by atoms with van der Waals surface area (Å²) < 4.78 is 6.35. The van der Waals surface area contributed by atoms with E-state index in [0.29, 0.717) is 10.2 Å². The van der Waals surface area contributed by atoms with Gasteiger partial charge in [-0.15, -0.1) is 0 Å². The van der Waals surface area contributed by atoms with Gasteiger partial charge < -0.3 is 9.84 Å². The minimum Gasteiger partial charge on any atom is -0.477 e. The van der Waals surface area contributed by atoms with Crippen LogP contribution in [0.1, 0.15) is 27.0 Å². The molecule has 0 unspecified atom stereocenters. The predicted octanol–water partition coefficient (Wildman–Crippen LogP) is 4.26. The van der Waals surface area contributed by atoms with Crippen molar-refractivity contribution < 1.29 is 14.6 Å². The summed E-state index contributed by atoms with van der Waals surface area (Å²) in [5, 5.41) is 9.22. The number of hydrogen-bond donors (Lipinski definition) is 1. The molecule has 1 heterocycles. The molecule has 0 amide bonds. The first kappa shape index (κ1) is 14.5. The average molecular weight is 336 g/mol. The van der Waals surface area contributed by atoms with E-state index < -0.39 is 5.97 Å². The molecule has 0 aliphatic rings. The van der Waals surface area contributed by atoms with Gasteiger partial charge in [0, 0.05) is 10.7 Å². The van der Waals surface area contributed by atoms with Crippen LogP contribution in [-0.4, -0.2) is 16.1 Å².